The van der Waals surface area contributed by atoms with Crippen molar-refractivity contribution >= 4 is 11.6 Å². The second kappa shape index (κ2) is 6.22. The number of nitro groups is 1. The van der Waals surface area contributed by atoms with Crippen LogP contribution in [-0.4, -0.2) is 35.4 Å². The zero-order valence-corrected chi connectivity index (χ0v) is 12.4. The van der Waals surface area contributed by atoms with Gasteiger partial charge >= 0.3 is 0 Å². The second-order valence-electron chi connectivity index (χ2n) is 5.64. The highest BCUT2D eigenvalue weighted by atomic mass is 16.6. The number of nitrogens with two attached hydrogens (primary N) is 1. The number of nitrogens with zero attached hydrogens (tertiary/aromatic N) is 2. The van der Waals surface area contributed by atoms with Crippen LogP contribution in [0.5, 0.6) is 0 Å². The van der Waals surface area contributed by atoms with Crippen molar-refractivity contribution in [2.24, 2.45) is 11.7 Å². The first kappa shape index (κ1) is 15.4. The number of hydrogen-bond acceptors (Lipinski definition) is 4. The van der Waals surface area contributed by atoms with Gasteiger partial charge < -0.3 is 10.6 Å². The van der Waals surface area contributed by atoms with Gasteiger partial charge in [0.1, 0.15) is 5.56 Å². The van der Waals surface area contributed by atoms with Crippen LogP contribution in [0.3, 0.4) is 0 Å². The summed E-state index contributed by atoms with van der Waals surface area (Å²) in [5.74, 6) is -0.0152. The van der Waals surface area contributed by atoms with E-state index in [-0.39, 0.29) is 29.1 Å². The molecule has 0 radical (unpaired) electrons. The summed E-state index contributed by atoms with van der Waals surface area (Å²) in [4.78, 5) is 25.0. The molecular formula is C15H21N3O3. The predicted molar refractivity (Wildman–Crippen MR) is 80.1 cm³/mol. The van der Waals surface area contributed by atoms with Crippen LogP contribution in [0.15, 0.2) is 18.2 Å². The molecule has 6 nitrogen and oxygen atoms in total. The van der Waals surface area contributed by atoms with Crippen LogP contribution in [0.25, 0.3) is 0 Å². The Kier molecular flexibility index (Phi) is 4.57. The zero-order chi connectivity index (χ0) is 15.6. The number of carbonyl (C=O) groups excluding carboxylic acids is 1. The minimum Gasteiger partial charge on any atom is -0.338 e. The van der Waals surface area contributed by atoms with E-state index in [0.29, 0.717) is 12.1 Å². The van der Waals surface area contributed by atoms with E-state index in [9.17, 15) is 14.9 Å². The summed E-state index contributed by atoms with van der Waals surface area (Å²) in [5, 5.41) is 11.2. The Hall–Kier alpha value is -1.95. The maximum Gasteiger partial charge on any atom is 0.285 e. The number of para-hydroxylation sites is 1. The zero-order valence-electron chi connectivity index (χ0n) is 12.4. The summed E-state index contributed by atoms with van der Waals surface area (Å²) >= 11 is 0. The van der Waals surface area contributed by atoms with Gasteiger partial charge in [0.2, 0.25) is 0 Å². The summed E-state index contributed by atoms with van der Waals surface area (Å²) < 4.78 is 0. The van der Waals surface area contributed by atoms with E-state index in [1.54, 1.807) is 31.0 Å². The van der Waals surface area contributed by atoms with Crippen LogP contribution in [0, 0.1) is 23.0 Å². The molecule has 2 atom stereocenters. The van der Waals surface area contributed by atoms with E-state index < -0.39 is 4.92 Å². The summed E-state index contributed by atoms with van der Waals surface area (Å²) in [6.07, 6.45) is 2.96. The second-order valence-corrected chi connectivity index (χ2v) is 5.64. The monoisotopic (exact) mass is 291 g/mol. The number of carbonyl (C=O) groups is 1. The van der Waals surface area contributed by atoms with Crippen LogP contribution >= 0.6 is 0 Å². The summed E-state index contributed by atoms with van der Waals surface area (Å²) in [5.41, 5.74) is 6.32. The molecule has 21 heavy (non-hydrogen) atoms. The van der Waals surface area contributed by atoms with Crippen LogP contribution in [-0.2, 0) is 0 Å². The Labute approximate surface area is 124 Å². The van der Waals surface area contributed by atoms with E-state index in [2.05, 4.69) is 0 Å². The smallest absolute Gasteiger partial charge is 0.285 e. The standard InChI is InChI=1S/C15H21N3O3/c1-10-5-3-7-12(14(10)18(20)21)15(19)17(2)13-8-4-6-11(13)9-16/h3,5,7,11,13H,4,6,8-9,16H2,1-2H3. The molecular weight excluding hydrogens is 270 g/mol. The van der Waals surface area contributed by atoms with Crippen LogP contribution in [0.2, 0.25) is 0 Å². The molecule has 6 heteroatoms. The van der Waals surface area contributed by atoms with Gasteiger partial charge in [-0.2, -0.15) is 0 Å². The Morgan fingerprint density at radius 2 is 2.19 bits per heavy atom. The maximum atomic E-state index is 12.7. The third-order valence-corrected chi connectivity index (χ3v) is 4.39. The van der Waals surface area contributed by atoms with Crippen molar-refractivity contribution < 1.29 is 9.72 Å². The summed E-state index contributed by atoms with van der Waals surface area (Å²) in [7, 11) is 1.72. The molecule has 0 heterocycles. The van der Waals surface area contributed by atoms with Crippen molar-refractivity contribution in [2.45, 2.75) is 32.2 Å². The number of benzene rings is 1. The van der Waals surface area contributed by atoms with Gasteiger partial charge in [0.25, 0.3) is 11.6 Å². The molecule has 1 aromatic rings. The average Bonchev–Trinajstić information content (AvgIpc) is 2.93. The van der Waals surface area contributed by atoms with Gasteiger partial charge in [-0.05, 0) is 38.3 Å². The van der Waals surface area contributed by atoms with Gasteiger partial charge in [-0.3, -0.25) is 14.9 Å². The number of rotatable bonds is 4. The normalized spacial score (nSPS) is 21.3. The fourth-order valence-corrected chi connectivity index (χ4v) is 3.22. The molecule has 1 amide bonds. The number of hydrogen-bond donors (Lipinski definition) is 1. The molecule has 0 aliphatic heterocycles. The molecule has 2 rings (SSSR count). The van der Waals surface area contributed by atoms with Gasteiger partial charge in [-0.1, -0.05) is 18.6 Å². The van der Waals surface area contributed by atoms with Gasteiger partial charge in [0, 0.05) is 18.7 Å². The topological polar surface area (TPSA) is 89.5 Å². The molecule has 1 aliphatic rings. The number of nitro benzene ring substituents is 1. The van der Waals surface area contributed by atoms with Gasteiger partial charge in [0.15, 0.2) is 0 Å². The molecule has 1 aromatic carbocycles. The molecule has 0 aromatic heterocycles. The molecule has 2 unspecified atom stereocenters. The van der Waals surface area contributed by atoms with Crippen LogP contribution in [0.4, 0.5) is 5.69 Å². The first-order valence-electron chi connectivity index (χ1n) is 7.18. The quantitative estimate of drug-likeness (QED) is 0.679. The highest BCUT2D eigenvalue weighted by Gasteiger charge is 2.34. The van der Waals surface area contributed by atoms with Gasteiger partial charge in [0.05, 0.1) is 4.92 Å². The Morgan fingerprint density at radius 3 is 2.81 bits per heavy atom. The molecule has 0 spiro atoms. The predicted octanol–water partition coefficient (Wildman–Crippen LogP) is 2.10. The van der Waals surface area contributed by atoms with Crippen molar-refractivity contribution in [1.82, 2.24) is 4.90 Å². The van der Waals surface area contributed by atoms with Crippen molar-refractivity contribution in [3.63, 3.8) is 0 Å². The fourth-order valence-electron chi connectivity index (χ4n) is 3.22. The van der Waals surface area contributed by atoms with Crippen molar-refractivity contribution in [3.8, 4) is 0 Å². The largest absolute Gasteiger partial charge is 0.338 e. The third kappa shape index (κ3) is 2.90. The number of aryl methyl sites for hydroxylation is 1. The lowest BCUT2D eigenvalue weighted by atomic mass is 10.0. The third-order valence-electron chi connectivity index (χ3n) is 4.39. The summed E-state index contributed by atoms with van der Waals surface area (Å²) in [6.45, 7) is 2.19. The lowest BCUT2D eigenvalue weighted by molar-refractivity contribution is -0.385. The SMILES string of the molecule is Cc1cccc(C(=O)N(C)C2CCCC2CN)c1[N+](=O)[O-]. The fraction of sp³-hybridized carbons (Fsp3) is 0.533. The molecule has 1 fully saturated rings. The highest BCUT2D eigenvalue weighted by molar-refractivity contribution is 5.98. The molecule has 2 N–H and O–H groups in total. The lowest BCUT2D eigenvalue weighted by Crippen LogP contribution is -2.41. The van der Waals surface area contributed by atoms with E-state index in [4.69, 9.17) is 5.73 Å². The minimum absolute atomic E-state index is 0.0719. The first-order valence-corrected chi connectivity index (χ1v) is 7.18. The number of amides is 1. The Balaban J connectivity index is 2.32. The molecule has 0 saturated heterocycles. The van der Waals surface area contributed by atoms with E-state index in [1.165, 1.54) is 6.07 Å². The lowest BCUT2D eigenvalue weighted by Gasteiger charge is -2.29. The molecule has 114 valence electrons. The average molecular weight is 291 g/mol. The minimum atomic E-state index is -0.481. The van der Waals surface area contributed by atoms with Gasteiger partial charge in [-0.25, -0.2) is 0 Å². The highest BCUT2D eigenvalue weighted by Crippen LogP contribution is 2.31. The summed E-state index contributed by atoms with van der Waals surface area (Å²) in [6, 6.07) is 4.92. The van der Waals surface area contributed by atoms with Crippen molar-refractivity contribution in [1.29, 1.82) is 0 Å². The van der Waals surface area contributed by atoms with Crippen LogP contribution < -0.4 is 5.73 Å². The van der Waals surface area contributed by atoms with Crippen molar-refractivity contribution in [2.75, 3.05) is 13.6 Å². The molecule has 1 aliphatic carbocycles. The van der Waals surface area contributed by atoms with Gasteiger partial charge in [-0.15, -0.1) is 0 Å². The maximum absolute atomic E-state index is 12.7. The Bertz CT molecular complexity index is 559. The van der Waals surface area contributed by atoms with E-state index >= 15 is 0 Å². The van der Waals surface area contributed by atoms with Crippen LogP contribution in [0.1, 0.15) is 35.2 Å². The van der Waals surface area contributed by atoms with Crippen molar-refractivity contribution in [3.05, 3.63) is 39.4 Å². The van der Waals surface area contributed by atoms with E-state index in [0.717, 1.165) is 19.3 Å². The molecule has 1 saturated carbocycles. The Morgan fingerprint density at radius 1 is 1.48 bits per heavy atom. The van der Waals surface area contributed by atoms with E-state index in [1.807, 2.05) is 0 Å². The first-order chi connectivity index (χ1) is 9.97. The molecule has 0 bridgehead atoms.